The lowest BCUT2D eigenvalue weighted by Crippen LogP contribution is -2.27. The summed E-state index contributed by atoms with van der Waals surface area (Å²) in [4.78, 5) is 12.2. The zero-order chi connectivity index (χ0) is 13.1. The first-order valence-corrected chi connectivity index (χ1v) is 6.32. The molecule has 1 atom stereocenters. The number of methoxy groups -OCH3 is 1. The molecule has 1 saturated carbocycles. The van der Waals surface area contributed by atoms with E-state index >= 15 is 0 Å². The van der Waals surface area contributed by atoms with E-state index in [1.807, 2.05) is 0 Å². The SMILES string of the molecule is COc1ccc(Cl)cc1C(C#N)C(=O)C1CCC1. The minimum atomic E-state index is -0.774. The second-order valence-corrected chi connectivity index (χ2v) is 4.92. The topological polar surface area (TPSA) is 50.1 Å². The van der Waals surface area contributed by atoms with Crippen LogP contribution in [-0.2, 0) is 4.79 Å². The number of Topliss-reactive ketones (excluding diaryl/α,β-unsaturated/α-hetero) is 1. The molecule has 0 aliphatic heterocycles. The van der Waals surface area contributed by atoms with Gasteiger partial charge in [-0.15, -0.1) is 0 Å². The zero-order valence-electron chi connectivity index (χ0n) is 10.1. The highest BCUT2D eigenvalue weighted by molar-refractivity contribution is 6.30. The van der Waals surface area contributed by atoms with Gasteiger partial charge in [-0.2, -0.15) is 5.26 Å². The van der Waals surface area contributed by atoms with E-state index in [-0.39, 0.29) is 11.7 Å². The van der Waals surface area contributed by atoms with Gasteiger partial charge in [0.2, 0.25) is 0 Å². The Morgan fingerprint density at radius 2 is 2.28 bits per heavy atom. The maximum absolute atomic E-state index is 12.2. The van der Waals surface area contributed by atoms with Crippen molar-refractivity contribution in [2.75, 3.05) is 7.11 Å². The molecule has 0 heterocycles. The second kappa shape index (κ2) is 5.41. The summed E-state index contributed by atoms with van der Waals surface area (Å²) in [6, 6.07) is 7.10. The Hall–Kier alpha value is -1.53. The average molecular weight is 264 g/mol. The van der Waals surface area contributed by atoms with Crippen molar-refractivity contribution in [1.82, 2.24) is 0 Å². The van der Waals surface area contributed by atoms with Gasteiger partial charge in [-0.3, -0.25) is 4.79 Å². The predicted octanol–water partition coefficient (Wildman–Crippen LogP) is 3.32. The van der Waals surface area contributed by atoms with E-state index in [9.17, 15) is 10.1 Å². The normalized spacial score (nSPS) is 16.5. The fourth-order valence-corrected chi connectivity index (χ4v) is 2.33. The third-order valence-electron chi connectivity index (χ3n) is 3.42. The van der Waals surface area contributed by atoms with Crippen LogP contribution >= 0.6 is 11.6 Å². The van der Waals surface area contributed by atoms with Gasteiger partial charge >= 0.3 is 0 Å². The minimum absolute atomic E-state index is 0.00989. The van der Waals surface area contributed by atoms with Crippen molar-refractivity contribution in [3.63, 3.8) is 0 Å². The Morgan fingerprint density at radius 3 is 2.78 bits per heavy atom. The molecule has 0 N–H and O–H groups in total. The van der Waals surface area contributed by atoms with E-state index in [2.05, 4.69) is 6.07 Å². The molecule has 2 rings (SSSR count). The van der Waals surface area contributed by atoms with Crippen LogP contribution in [0, 0.1) is 17.2 Å². The van der Waals surface area contributed by atoms with Crippen molar-refractivity contribution < 1.29 is 9.53 Å². The molecule has 0 radical (unpaired) electrons. The fourth-order valence-electron chi connectivity index (χ4n) is 2.15. The van der Waals surface area contributed by atoms with E-state index in [1.54, 1.807) is 18.2 Å². The van der Waals surface area contributed by atoms with Crippen molar-refractivity contribution in [3.8, 4) is 11.8 Å². The summed E-state index contributed by atoms with van der Waals surface area (Å²) in [7, 11) is 1.52. The first kappa shape index (κ1) is 12.9. The minimum Gasteiger partial charge on any atom is -0.496 e. The molecule has 0 aromatic heterocycles. The van der Waals surface area contributed by atoms with Crippen LogP contribution in [0.5, 0.6) is 5.75 Å². The summed E-state index contributed by atoms with van der Waals surface area (Å²) >= 11 is 5.93. The molecular formula is C14H14ClNO2. The van der Waals surface area contributed by atoms with E-state index in [0.29, 0.717) is 16.3 Å². The maximum Gasteiger partial charge on any atom is 0.157 e. The number of halogens is 1. The van der Waals surface area contributed by atoms with Gasteiger partial charge in [-0.25, -0.2) is 0 Å². The molecule has 18 heavy (non-hydrogen) atoms. The second-order valence-electron chi connectivity index (χ2n) is 4.48. The summed E-state index contributed by atoms with van der Waals surface area (Å²) in [5.41, 5.74) is 0.574. The third-order valence-corrected chi connectivity index (χ3v) is 3.66. The lowest BCUT2D eigenvalue weighted by Gasteiger charge is -2.26. The van der Waals surface area contributed by atoms with E-state index in [1.165, 1.54) is 7.11 Å². The van der Waals surface area contributed by atoms with Crippen LogP contribution in [0.4, 0.5) is 0 Å². The number of ether oxygens (including phenoxy) is 1. The average Bonchev–Trinajstić information content (AvgIpc) is 2.28. The van der Waals surface area contributed by atoms with Crippen LogP contribution in [0.2, 0.25) is 5.02 Å². The first-order valence-electron chi connectivity index (χ1n) is 5.94. The largest absolute Gasteiger partial charge is 0.496 e. The van der Waals surface area contributed by atoms with Crippen LogP contribution in [0.1, 0.15) is 30.7 Å². The summed E-state index contributed by atoms with van der Waals surface area (Å²) in [6.07, 6.45) is 2.85. The smallest absolute Gasteiger partial charge is 0.157 e. The van der Waals surface area contributed by atoms with Crippen LogP contribution in [0.15, 0.2) is 18.2 Å². The summed E-state index contributed by atoms with van der Waals surface area (Å²) in [5.74, 6) is -0.217. The van der Waals surface area contributed by atoms with Crippen molar-refractivity contribution in [3.05, 3.63) is 28.8 Å². The molecule has 1 aliphatic carbocycles. The lowest BCUT2D eigenvalue weighted by molar-refractivity contribution is -0.125. The first-order chi connectivity index (χ1) is 8.67. The number of nitriles is 1. The Labute approximate surface area is 111 Å². The molecule has 1 aliphatic rings. The molecule has 94 valence electrons. The third kappa shape index (κ3) is 2.34. The maximum atomic E-state index is 12.2. The Bertz CT molecular complexity index is 503. The molecule has 1 aromatic carbocycles. The van der Waals surface area contributed by atoms with Gasteiger partial charge in [0.1, 0.15) is 11.7 Å². The standard InChI is InChI=1S/C14H14ClNO2/c1-18-13-6-5-10(15)7-11(13)12(8-16)14(17)9-3-2-4-9/h5-7,9,12H,2-4H2,1H3. The number of rotatable bonds is 4. The van der Waals surface area contributed by atoms with E-state index in [4.69, 9.17) is 16.3 Å². The molecule has 1 fully saturated rings. The quantitative estimate of drug-likeness (QED) is 0.837. The number of carbonyl (C=O) groups excluding carboxylic acids is 1. The molecule has 0 bridgehead atoms. The molecular weight excluding hydrogens is 250 g/mol. The molecule has 0 amide bonds. The summed E-state index contributed by atoms with van der Waals surface area (Å²) in [5, 5.41) is 9.77. The number of carbonyl (C=O) groups is 1. The Kier molecular flexibility index (Phi) is 3.88. The van der Waals surface area contributed by atoms with Gasteiger partial charge in [0.25, 0.3) is 0 Å². The molecule has 1 aromatic rings. The highest BCUT2D eigenvalue weighted by Gasteiger charge is 2.33. The van der Waals surface area contributed by atoms with Crippen LogP contribution < -0.4 is 4.74 Å². The van der Waals surface area contributed by atoms with E-state index in [0.717, 1.165) is 19.3 Å². The monoisotopic (exact) mass is 263 g/mol. The summed E-state index contributed by atoms with van der Waals surface area (Å²) in [6.45, 7) is 0. The van der Waals surface area contributed by atoms with Crippen molar-refractivity contribution in [2.24, 2.45) is 5.92 Å². The molecule has 0 spiro atoms. The highest BCUT2D eigenvalue weighted by Crippen LogP contribution is 2.36. The van der Waals surface area contributed by atoms with Gasteiger partial charge in [0.15, 0.2) is 5.78 Å². The predicted molar refractivity (Wildman–Crippen MR) is 68.7 cm³/mol. The highest BCUT2D eigenvalue weighted by atomic mass is 35.5. The van der Waals surface area contributed by atoms with Gasteiger partial charge < -0.3 is 4.74 Å². The number of hydrogen-bond donors (Lipinski definition) is 0. The number of hydrogen-bond acceptors (Lipinski definition) is 3. The zero-order valence-corrected chi connectivity index (χ0v) is 10.9. The van der Waals surface area contributed by atoms with Gasteiger partial charge in [0.05, 0.1) is 13.2 Å². The number of benzene rings is 1. The lowest BCUT2D eigenvalue weighted by atomic mass is 9.76. The molecule has 3 nitrogen and oxygen atoms in total. The van der Waals surface area contributed by atoms with Crippen LogP contribution in [0.3, 0.4) is 0 Å². The summed E-state index contributed by atoms with van der Waals surface area (Å²) < 4.78 is 5.20. The molecule has 4 heteroatoms. The Balaban J connectivity index is 2.34. The Morgan fingerprint density at radius 1 is 1.56 bits per heavy atom. The fraction of sp³-hybridized carbons (Fsp3) is 0.429. The van der Waals surface area contributed by atoms with Crippen molar-refractivity contribution in [2.45, 2.75) is 25.2 Å². The van der Waals surface area contributed by atoms with E-state index < -0.39 is 5.92 Å². The van der Waals surface area contributed by atoms with Gasteiger partial charge in [-0.05, 0) is 31.0 Å². The van der Waals surface area contributed by atoms with Crippen molar-refractivity contribution in [1.29, 1.82) is 5.26 Å². The molecule has 1 unspecified atom stereocenters. The van der Waals surface area contributed by atoms with Gasteiger partial charge in [-0.1, -0.05) is 18.0 Å². The number of ketones is 1. The van der Waals surface area contributed by atoms with Gasteiger partial charge in [0, 0.05) is 16.5 Å². The number of nitrogens with zero attached hydrogens (tertiary/aromatic N) is 1. The molecule has 0 saturated heterocycles. The van der Waals surface area contributed by atoms with Crippen molar-refractivity contribution >= 4 is 17.4 Å². The van der Waals surface area contributed by atoms with Crippen LogP contribution in [-0.4, -0.2) is 12.9 Å². The van der Waals surface area contributed by atoms with Crippen LogP contribution in [0.25, 0.3) is 0 Å².